The monoisotopic (exact) mass is 472 g/mol. The summed E-state index contributed by atoms with van der Waals surface area (Å²) in [5.74, 6) is -0.350. The lowest BCUT2D eigenvalue weighted by molar-refractivity contribution is -0.120. The van der Waals surface area contributed by atoms with Gasteiger partial charge >= 0.3 is 0 Å². The number of amides is 1. The number of halogens is 1. The molecule has 2 rings (SSSR count). The Morgan fingerprint density at radius 2 is 1.68 bits per heavy atom. The van der Waals surface area contributed by atoms with Crippen LogP contribution in [0.1, 0.15) is 24.1 Å². The molecule has 0 bridgehead atoms. The quantitative estimate of drug-likeness (QED) is 0.657. The molecule has 0 spiro atoms. The Labute approximate surface area is 162 Å². The molecule has 1 N–H and O–H groups in total. The summed E-state index contributed by atoms with van der Waals surface area (Å²) in [6, 6.07) is 14.7. The Kier molecular flexibility index (Phi) is 6.45. The molecule has 2 aromatic rings. The third-order valence-corrected chi connectivity index (χ3v) is 5.62. The lowest BCUT2D eigenvalue weighted by atomic mass is 10.1. The summed E-state index contributed by atoms with van der Waals surface area (Å²) in [5, 5.41) is 2.85. The molecule has 134 valence electrons. The minimum atomic E-state index is -3.56. The standard InChI is InChI=1S/C18H21IN2O3S/c1-13-4-6-15(7-5-13)14(2)20-18(22)12-21(25(3,23)24)17-10-8-16(19)9-11-17/h4-11,14H,12H2,1-3H3,(H,20,22). The van der Waals surface area contributed by atoms with Crippen molar-refractivity contribution in [1.82, 2.24) is 5.32 Å². The maximum absolute atomic E-state index is 12.4. The highest BCUT2D eigenvalue weighted by molar-refractivity contribution is 14.1. The van der Waals surface area contributed by atoms with Crippen LogP contribution < -0.4 is 9.62 Å². The van der Waals surface area contributed by atoms with Crippen molar-refractivity contribution in [2.24, 2.45) is 0 Å². The Bertz CT molecular complexity index is 834. The molecule has 0 aliphatic carbocycles. The van der Waals surface area contributed by atoms with Crippen LogP contribution in [0, 0.1) is 10.5 Å². The summed E-state index contributed by atoms with van der Waals surface area (Å²) < 4.78 is 26.3. The molecule has 0 radical (unpaired) electrons. The van der Waals surface area contributed by atoms with Crippen molar-refractivity contribution in [3.05, 3.63) is 63.2 Å². The minimum absolute atomic E-state index is 0.203. The Morgan fingerprint density at radius 3 is 2.20 bits per heavy atom. The van der Waals surface area contributed by atoms with Crippen LogP contribution in [0.3, 0.4) is 0 Å². The number of benzene rings is 2. The number of anilines is 1. The fourth-order valence-electron chi connectivity index (χ4n) is 2.36. The third kappa shape index (κ3) is 5.71. The van der Waals surface area contributed by atoms with Crippen molar-refractivity contribution in [2.75, 3.05) is 17.1 Å². The molecule has 1 atom stereocenters. The first kappa shape index (κ1) is 19.7. The summed E-state index contributed by atoms with van der Waals surface area (Å²) >= 11 is 2.14. The molecule has 7 heteroatoms. The normalized spacial score (nSPS) is 12.5. The number of carbonyl (C=O) groups excluding carboxylic acids is 1. The zero-order valence-electron chi connectivity index (χ0n) is 14.4. The van der Waals surface area contributed by atoms with Gasteiger partial charge in [0.15, 0.2) is 0 Å². The highest BCUT2D eigenvalue weighted by atomic mass is 127. The van der Waals surface area contributed by atoms with E-state index in [1.165, 1.54) is 0 Å². The van der Waals surface area contributed by atoms with Crippen LogP contribution in [0.15, 0.2) is 48.5 Å². The minimum Gasteiger partial charge on any atom is -0.348 e. The van der Waals surface area contributed by atoms with Gasteiger partial charge in [-0.25, -0.2) is 8.42 Å². The number of hydrogen-bond acceptors (Lipinski definition) is 3. The van der Waals surface area contributed by atoms with Crippen molar-refractivity contribution >= 4 is 44.2 Å². The molecule has 0 aliphatic heterocycles. The molecule has 0 saturated heterocycles. The van der Waals surface area contributed by atoms with Gasteiger partial charge in [-0.1, -0.05) is 29.8 Å². The maximum atomic E-state index is 12.4. The summed E-state index contributed by atoms with van der Waals surface area (Å²) in [5.41, 5.74) is 2.59. The maximum Gasteiger partial charge on any atom is 0.241 e. The number of sulfonamides is 1. The smallest absolute Gasteiger partial charge is 0.241 e. The zero-order chi connectivity index (χ0) is 18.6. The van der Waals surface area contributed by atoms with Crippen molar-refractivity contribution in [1.29, 1.82) is 0 Å². The molecule has 25 heavy (non-hydrogen) atoms. The van der Waals surface area contributed by atoms with Crippen LogP contribution in [-0.4, -0.2) is 27.1 Å². The van der Waals surface area contributed by atoms with E-state index in [2.05, 4.69) is 27.9 Å². The van der Waals surface area contributed by atoms with Crippen LogP contribution in [0.4, 0.5) is 5.69 Å². The van der Waals surface area contributed by atoms with Gasteiger partial charge in [-0.3, -0.25) is 9.10 Å². The van der Waals surface area contributed by atoms with E-state index in [1.54, 1.807) is 24.3 Å². The van der Waals surface area contributed by atoms with Gasteiger partial charge in [0.25, 0.3) is 0 Å². The summed E-state index contributed by atoms with van der Waals surface area (Å²) in [6.45, 7) is 3.62. The van der Waals surface area contributed by atoms with E-state index in [4.69, 9.17) is 0 Å². The predicted octanol–water partition coefficient (Wildman–Crippen LogP) is 3.24. The lowest BCUT2D eigenvalue weighted by Gasteiger charge is -2.23. The topological polar surface area (TPSA) is 66.5 Å². The fourth-order valence-corrected chi connectivity index (χ4v) is 3.58. The second kappa shape index (κ2) is 8.18. The van der Waals surface area contributed by atoms with Gasteiger partial charge in [-0.2, -0.15) is 0 Å². The predicted molar refractivity (Wildman–Crippen MR) is 109 cm³/mol. The Balaban J connectivity index is 2.12. The van der Waals surface area contributed by atoms with Gasteiger partial charge in [0.05, 0.1) is 18.0 Å². The fraction of sp³-hybridized carbons (Fsp3) is 0.278. The largest absolute Gasteiger partial charge is 0.348 e. The number of carbonyl (C=O) groups is 1. The molecule has 1 amide bonds. The van der Waals surface area contributed by atoms with Gasteiger partial charge in [0.1, 0.15) is 6.54 Å². The molecule has 0 saturated carbocycles. The van der Waals surface area contributed by atoms with E-state index in [-0.39, 0.29) is 18.5 Å². The molecule has 2 aromatic carbocycles. The van der Waals surface area contributed by atoms with E-state index >= 15 is 0 Å². The van der Waals surface area contributed by atoms with Gasteiger partial charge in [0, 0.05) is 3.57 Å². The zero-order valence-corrected chi connectivity index (χ0v) is 17.3. The first-order valence-electron chi connectivity index (χ1n) is 7.76. The van der Waals surface area contributed by atoms with Crippen LogP contribution in [0.2, 0.25) is 0 Å². The highest BCUT2D eigenvalue weighted by Crippen LogP contribution is 2.19. The number of nitrogens with one attached hydrogen (secondary N) is 1. The molecule has 5 nitrogen and oxygen atoms in total. The Hall–Kier alpha value is -1.61. The van der Waals surface area contributed by atoms with Crippen LogP contribution in [0.25, 0.3) is 0 Å². The number of aryl methyl sites for hydroxylation is 1. The first-order chi connectivity index (χ1) is 11.7. The first-order valence-corrected chi connectivity index (χ1v) is 10.7. The van der Waals surface area contributed by atoms with E-state index in [1.807, 2.05) is 38.1 Å². The second-order valence-corrected chi connectivity index (χ2v) is 9.10. The molecule has 0 aromatic heterocycles. The van der Waals surface area contributed by atoms with Crippen LogP contribution >= 0.6 is 22.6 Å². The lowest BCUT2D eigenvalue weighted by Crippen LogP contribution is -2.41. The van der Waals surface area contributed by atoms with Gasteiger partial charge in [-0.05, 0) is 66.3 Å². The molecule has 0 heterocycles. The SMILES string of the molecule is Cc1ccc(C(C)NC(=O)CN(c2ccc(I)cc2)S(C)(=O)=O)cc1. The van der Waals surface area contributed by atoms with Crippen LogP contribution in [-0.2, 0) is 14.8 Å². The van der Waals surface area contributed by atoms with E-state index in [0.717, 1.165) is 25.3 Å². The molecule has 1 unspecified atom stereocenters. The molecule has 0 aliphatic rings. The number of rotatable bonds is 6. The van der Waals surface area contributed by atoms with E-state index in [0.29, 0.717) is 5.69 Å². The third-order valence-electron chi connectivity index (χ3n) is 3.76. The van der Waals surface area contributed by atoms with Gasteiger partial charge < -0.3 is 5.32 Å². The molecular formula is C18H21IN2O3S. The van der Waals surface area contributed by atoms with Crippen molar-refractivity contribution in [3.8, 4) is 0 Å². The second-order valence-electron chi connectivity index (χ2n) is 5.95. The average molecular weight is 472 g/mol. The molecular weight excluding hydrogens is 451 g/mol. The van der Waals surface area contributed by atoms with E-state index < -0.39 is 10.0 Å². The van der Waals surface area contributed by atoms with Crippen LogP contribution in [0.5, 0.6) is 0 Å². The van der Waals surface area contributed by atoms with Gasteiger partial charge in [0.2, 0.25) is 15.9 Å². The summed E-state index contributed by atoms with van der Waals surface area (Å²) in [4.78, 5) is 12.4. The summed E-state index contributed by atoms with van der Waals surface area (Å²) in [6.07, 6.45) is 1.10. The number of nitrogens with zero attached hydrogens (tertiary/aromatic N) is 1. The highest BCUT2D eigenvalue weighted by Gasteiger charge is 2.21. The Morgan fingerprint density at radius 1 is 1.12 bits per heavy atom. The van der Waals surface area contributed by atoms with E-state index in [9.17, 15) is 13.2 Å². The molecule has 0 fully saturated rings. The summed E-state index contributed by atoms with van der Waals surface area (Å²) in [7, 11) is -3.56. The average Bonchev–Trinajstić information content (AvgIpc) is 2.53. The number of hydrogen-bond donors (Lipinski definition) is 1. The van der Waals surface area contributed by atoms with Crippen molar-refractivity contribution < 1.29 is 13.2 Å². The van der Waals surface area contributed by atoms with Crippen molar-refractivity contribution in [2.45, 2.75) is 19.9 Å². The van der Waals surface area contributed by atoms with Gasteiger partial charge in [-0.15, -0.1) is 0 Å². The van der Waals surface area contributed by atoms with Crippen molar-refractivity contribution in [3.63, 3.8) is 0 Å².